The molecule has 0 atom stereocenters. The molecule has 0 unspecified atom stereocenters. The summed E-state index contributed by atoms with van der Waals surface area (Å²) in [6.07, 6.45) is 6.23. The van der Waals surface area contributed by atoms with Gasteiger partial charge in [0.1, 0.15) is 19.0 Å². The number of benzene rings is 2. The average molecular weight is 367 g/mol. The minimum absolute atomic E-state index is 0.0196. The van der Waals surface area contributed by atoms with Crippen LogP contribution in [0.25, 0.3) is 0 Å². The summed E-state index contributed by atoms with van der Waals surface area (Å²) in [5.74, 6) is 2.29. The lowest BCUT2D eigenvalue weighted by Gasteiger charge is -2.19. The highest BCUT2D eigenvalue weighted by atomic mass is 16.6. The molecule has 2 aromatic rings. The molecule has 0 saturated heterocycles. The van der Waals surface area contributed by atoms with E-state index in [9.17, 15) is 4.79 Å². The number of amides is 1. The van der Waals surface area contributed by atoms with Gasteiger partial charge in [-0.2, -0.15) is 0 Å². The predicted octanol–water partition coefficient (Wildman–Crippen LogP) is 4.35. The Morgan fingerprint density at radius 2 is 1.85 bits per heavy atom. The molecule has 5 heteroatoms. The summed E-state index contributed by atoms with van der Waals surface area (Å²) in [6.45, 7) is 1.09. The molecule has 1 N–H and O–H groups in total. The Bertz CT molecular complexity index is 799. The normalized spacial score (nSPS) is 16.1. The molecule has 1 heterocycles. The zero-order valence-electron chi connectivity index (χ0n) is 15.4. The molecule has 27 heavy (non-hydrogen) atoms. The van der Waals surface area contributed by atoms with Crippen molar-refractivity contribution in [3.8, 4) is 17.2 Å². The summed E-state index contributed by atoms with van der Waals surface area (Å²) in [4.78, 5) is 12.3. The highest BCUT2D eigenvalue weighted by molar-refractivity contribution is 5.91. The highest BCUT2D eigenvalue weighted by Gasteiger charge is 2.16. The van der Waals surface area contributed by atoms with Gasteiger partial charge in [0.2, 0.25) is 5.91 Å². The molecule has 2 aromatic carbocycles. The van der Waals surface area contributed by atoms with Crippen LogP contribution in [0.2, 0.25) is 0 Å². The summed E-state index contributed by atoms with van der Waals surface area (Å²) in [7, 11) is 0. The van der Waals surface area contributed by atoms with Crippen LogP contribution in [0.15, 0.2) is 42.5 Å². The number of rotatable bonds is 6. The molecule has 1 aliphatic carbocycles. The summed E-state index contributed by atoms with van der Waals surface area (Å²) < 4.78 is 17.1. The molecule has 0 spiro atoms. The second kappa shape index (κ2) is 8.33. The number of hydrogen-bond donors (Lipinski definition) is 1. The summed E-state index contributed by atoms with van der Waals surface area (Å²) >= 11 is 0. The molecule has 1 amide bonds. The third-order valence-corrected chi connectivity index (χ3v) is 4.97. The first kappa shape index (κ1) is 17.7. The van der Waals surface area contributed by atoms with Gasteiger partial charge < -0.3 is 19.5 Å². The van der Waals surface area contributed by atoms with E-state index in [1.165, 1.54) is 12.8 Å². The Morgan fingerprint density at radius 3 is 2.70 bits per heavy atom. The van der Waals surface area contributed by atoms with E-state index in [1.807, 2.05) is 36.4 Å². The van der Waals surface area contributed by atoms with Crippen molar-refractivity contribution in [2.75, 3.05) is 18.5 Å². The van der Waals surface area contributed by atoms with Gasteiger partial charge in [-0.1, -0.05) is 12.1 Å². The lowest BCUT2D eigenvalue weighted by Crippen LogP contribution is -2.16. The third kappa shape index (κ3) is 4.73. The maximum absolute atomic E-state index is 12.3. The summed E-state index contributed by atoms with van der Waals surface area (Å²) in [6, 6.07) is 13.6. The molecule has 5 nitrogen and oxygen atoms in total. The van der Waals surface area contributed by atoms with E-state index in [1.54, 1.807) is 0 Å². The van der Waals surface area contributed by atoms with Crippen LogP contribution >= 0.6 is 0 Å². The Morgan fingerprint density at radius 1 is 1.04 bits per heavy atom. The third-order valence-electron chi connectivity index (χ3n) is 4.97. The zero-order valence-corrected chi connectivity index (χ0v) is 15.4. The fraction of sp³-hybridized carbons (Fsp3) is 0.409. The lowest BCUT2D eigenvalue weighted by atomic mass is 10.1. The molecule has 1 saturated carbocycles. The van der Waals surface area contributed by atoms with Gasteiger partial charge in [0.25, 0.3) is 0 Å². The van der Waals surface area contributed by atoms with Crippen LogP contribution in [-0.2, 0) is 11.2 Å². The topological polar surface area (TPSA) is 56.8 Å². The van der Waals surface area contributed by atoms with Gasteiger partial charge in [-0.3, -0.25) is 4.79 Å². The van der Waals surface area contributed by atoms with E-state index >= 15 is 0 Å². The van der Waals surface area contributed by atoms with Gasteiger partial charge in [0.15, 0.2) is 11.5 Å². The number of aryl methyl sites for hydroxylation is 1. The highest BCUT2D eigenvalue weighted by Crippen LogP contribution is 2.32. The van der Waals surface area contributed by atoms with Crippen molar-refractivity contribution in [1.82, 2.24) is 0 Å². The molecule has 1 fully saturated rings. The van der Waals surface area contributed by atoms with E-state index < -0.39 is 0 Å². The van der Waals surface area contributed by atoms with Crippen molar-refractivity contribution in [1.29, 1.82) is 0 Å². The van der Waals surface area contributed by atoms with Gasteiger partial charge in [0, 0.05) is 18.2 Å². The van der Waals surface area contributed by atoms with Crippen LogP contribution in [0.4, 0.5) is 5.69 Å². The minimum Gasteiger partial charge on any atom is -0.490 e. The average Bonchev–Trinajstić information content (AvgIpc) is 3.20. The quantitative estimate of drug-likeness (QED) is 0.825. The smallest absolute Gasteiger partial charge is 0.224 e. The largest absolute Gasteiger partial charge is 0.490 e. The SMILES string of the molecule is O=C(CCc1cccc(OC2CCCC2)c1)Nc1ccc2c(c1)OCCO2. The van der Waals surface area contributed by atoms with Gasteiger partial charge >= 0.3 is 0 Å². The van der Waals surface area contributed by atoms with Gasteiger partial charge in [0.05, 0.1) is 6.10 Å². The van der Waals surface area contributed by atoms with E-state index in [0.29, 0.717) is 37.9 Å². The van der Waals surface area contributed by atoms with Crippen LogP contribution in [0.5, 0.6) is 17.2 Å². The number of carbonyl (C=O) groups is 1. The van der Waals surface area contributed by atoms with Crippen molar-refractivity contribution in [3.05, 3.63) is 48.0 Å². The fourth-order valence-corrected chi connectivity index (χ4v) is 3.58. The molecule has 0 radical (unpaired) electrons. The second-order valence-corrected chi connectivity index (χ2v) is 7.08. The Hall–Kier alpha value is -2.69. The number of carbonyl (C=O) groups excluding carboxylic acids is 1. The van der Waals surface area contributed by atoms with Gasteiger partial charge in [-0.05, 0) is 61.9 Å². The van der Waals surface area contributed by atoms with E-state index in [0.717, 1.165) is 35.6 Å². The molecular formula is C22H25NO4. The van der Waals surface area contributed by atoms with Crippen molar-refractivity contribution in [3.63, 3.8) is 0 Å². The van der Waals surface area contributed by atoms with Crippen molar-refractivity contribution >= 4 is 11.6 Å². The van der Waals surface area contributed by atoms with Crippen molar-refractivity contribution < 1.29 is 19.0 Å². The van der Waals surface area contributed by atoms with Crippen LogP contribution in [0, 0.1) is 0 Å². The second-order valence-electron chi connectivity index (χ2n) is 7.08. The Balaban J connectivity index is 1.30. The standard InChI is InChI=1S/C22H25NO4/c24-22(23-17-9-10-20-21(15-17)26-13-12-25-20)11-8-16-4-3-7-19(14-16)27-18-5-1-2-6-18/h3-4,7,9-10,14-15,18H,1-2,5-6,8,11-13H2,(H,23,24). The molecule has 2 aliphatic rings. The van der Waals surface area contributed by atoms with Crippen LogP contribution in [-0.4, -0.2) is 25.2 Å². The minimum atomic E-state index is -0.0196. The van der Waals surface area contributed by atoms with Gasteiger partial charge in [-0.15, -0.1) is 0 Å². The number of hydrogen-bond acceptors (Lipinski definition) is 4. The monoisotopic (exact) mass is 367 g/mol. The number of fused-ring (bicyclic) bond motifs is 1. The molecule has 1 aliphatic heterocycles. The zero-order chi connectivity index (χ0) is 18.5. The number of ether oxygens (including phenoxy) is 3. The summed E-state index contributed by atoms with van der Waals surface area (Å²) in [5.41, 5.74) is 1.84. The first-order valence-electron chi connectivity index (χ1n) is 9.71. The number of nitrogens with one attached hydrogen (secondary N) is 1. The molecule has 142 valence electrons. The molecule has 0 aromatic heterocycles. The van der Waals surface area contributed by atoms with E-state index in [-0.39, 0.29) is 5.91 Å². The first-order valence-corrected chi connectivity index (χ1v) is 9.71. The summed E-state index contributed by atoms with van der Waals surface area (Å²) in [5, 5.41) is 2.93. The molecular weight excluding hydrogens is 342 g/mol. The number of anilines is 1. The molecule has 0 bridgehead atoms. The van der Waals surface area contributed by atoms with E-state index in [2.05, 4.69) is 11.4 Å². The van der Waals surface area contributed by atoms with Crippen LogP contribution in [0.1, 0.15) is 37.7 Å². The maximum Gasteiger partial charge on any atom is 0.224 e. The van der Waals surface area contributed by atoms with Crippen molar-refractivity contribution in [2.24, 2.45) is 0 Å². The Kier molecular flexibility index (Phi) is 5.47. The maximum atomic E-state index is 12.3. The van der Waals surface area contributed by atoms with E-state index in [4.69, 9.17) is 14.2 Å². The molecule has 4 rings (SSSR count). The first-order chi connectivity index (χ1) is 13.3. The van der Waals surface area contributed by atoms with Gasteiger partial charge in [-0.25, -0.2) is 0 Å². The lowest BCUT2D eigenvalue weighted by molar-refractivity contribution is -0.116. The van der Waals surface area contributed by atoms with Crippen molar-refractivity contribution in [2.45, 2.75) is 44.6 Å². The predicted molar refractivity (Wildman–Crippen MR) is 104 cm³/mol. The van der Waals surface area contributed by atoms with Crippen LogP contribution < -0.4 is 19.5 Å². The fourth-order valence-electron chi connectivity index (χ4n) is 3.58. The Labute approximate surface area is 159 Å². The van der Waals surface area contributed by atoms with Crippen LogP contribution in [0.3, 0.4) is 0 Å².